The molecule has 2 aromatic heterocycles. The normalized spacial score (nSPS) is 13.9. The van der Waals surface area contributed by atoms with Crippen molar-refractivity contribution < 1.29 is 4.39 Å². The van der Waals surface area contributed by atoms with Gasteiger partial charge in [-0.15, -0.1) is 0 Å². The number of aromatic amines is 1. The predicted molar refractivity (Wildman–Crippen MR) is 114 cm³/mol. The molecule has 150 valence electrons. The maximum atomic E-state index is 13.1. The molecule has 0 atom stereocenters. The van der Waals surface area contributed by atoms with Gasteiger partial charge in [0.25, 0.3) is 0 Å². The predicted octanol–water partition coefficient (Wildman–Crippen LogP) is 3.81. The number of benzene rings is 2. The number of aromatic nitrogens is 4. The van der Waals surface area contributed by atoms with E-state index in [1.807, 2.05) is 30.5 Å². The topological polar surface area (TPSA) is 83.7 Å². The van der Waals surface area contributed by atoms with E-state index >= 15 is 0 Å². The lowest BCUT2D eigenvalue weighted by Crippen LogP contribution is -2.31. The number of nitrogens with one attached hydrogen (secondary N) is 1. The summed E-state index contributed by atoms with van der Waals surface area (Å²) in [7, 11) is 0. The molecular weight excluding hydrogens is 379 g/mol. The van der Waals surface area contributed by atoms with Crippen molar-refractivity contribution in [1.29, 1.82) is 0 Å². The summed E-state index contributed by atoms with van der Waals surface area (Å²) in [6.07, 6.45) is 4.58. The second-order valence-corrected chi connectivity index (χ2v) is 7.50. The Kier molecular flexibility index (Phi) is 4.72. The van der Waals surface area contributed by atoms with Gasteiger partial charge in [-0.3, -0.25) is 4.90 Å². The Bertz CT molecular complexity index is 1170. The molecule has 5 rings (SSSR count). The Morgan fingerprint density at radius 3 is 2.53 bits per heavy atom. The Morgan fingerprint density at radius 1 is 0.967 bits per heavy atom. The molecule has 0 aliphatic carbocycles. The van der Waals surface area contributed by atoms with Gasteiger partial charge in [-0.25, -0.2) is 19.3 Å². The summed E-state index contributed by atoms with van der Waals surface area (Å²) in [6, 6.07) is 14.0. The van der Waals surface area contributed by atoms with Crippen LogP contribution in [0.5, 0.6) is 0 Å². The van der Waals surface area contributed by atoms with Gasteiger partial charge in [0.05, 0.1) is 24.1 Å². The fourth-order valence-electron chi connectivity index (χ4n) is 3.71. The van der Waals surface area contributed by atoms with Crippen LogP contribution in [0.25, 0.3) is 22.6 Å². The van der Waals surface area contributed by atoms with Crippen molar-refractivity contribution in [2.24, 2.45) is 0 Å². The number of nitrogens with zero attached hydrogens (tertiary/aromatic N) is 4. The molecule has 3 N–H and O–H groups in total. The summed E-state index contributed by atoms with van der Waals surface area (Å²) in [5, 5.41) is 0. The minimum atomic E-state index is -0.243. The van der Waals surface area contributed by atoms with Crippen LogP contribution in [0.3, 0.4) is 0 Å². The van der Waals surface area contributed by atoms with E-state index in [2.05, 4.69) is 19.9 Å². The zero-order chi connectivity index (χ0) is 20.5. The first-order valence-electron chi connectivity index (χ1n) is 9.87. The molecule has 0 bridgehead atoms. The van der Waals surface area contributed by atoms with Crippen molar-refractivity contribution in [3.63, 3.8) is 0 Å². The number of hydrogen-bond acceptors (Lipinski definition) is 5. The lowest BCUT2D eigenvalue weighted by atomic mass is 10.1. The Balaban J connectivity index is 1.28. The molecule has 4 aromatic rings. The first kappa shape index (κ1) is 18.4. The van der Waals surface area contributed by atoms with Crippen LogP contribution < -0.4 is 5.73 Å². The van der Waals surface area contributed by atoms with Crippen LogP contribution in [0.15, 0.2) is 60.9 Å². The lowest BCUT2D eigenvalue weighted by Gasteiger charge is -2.27. The fraction of sp³-hybridized carbons (Fsp3) is 0.174. The third-order valence-electron chi connectivity index (χ3n) is 5.34. The number of nitrogen functional groups attached to an aromatic ring is 1. The van der Waals surface area contributed by atoms with E-state index < -0.39 is 0 Å². The molecule has 0 spiro atoms. The third-order valence-corrected chi connectivity index (χ3v) is 5.34. The number of rotatable bonds is 4. The largest absolute Gasteiger partial charge is 0.399 e. The number of imidazole rings is 1. The van der Waals surface area contributed by atoms with E-state index in [1.165, 1.54) is 12.1 Å². The fourth-order valence-corrected chi connectivity index (χ4v) is 3.71. The van der Waals surface area contributed by atoms with Gasteiger partial charge in [0.1, 0.15) is 11.6 Å². The first-order valence-corrected chi connectivity index (χ1v) is 9.87. The summed E-state index contributed by atoms with van der Waals surface area (Å²) < 4.78 is 13.1. The molecule has 6 nitrogen and oxygen atoms in total. The number of halogens is 1. The molecule has 1 aliphatic heterocycles. The summed E-state index contributed by atoms with van der Waals surface area (Å²) in [4.78, 5) is 19.5. The van der Waals surface area contributed by atoms with Crippen molar-refractivity contribution in [2.75, 3.05) is 12.3 Å². The van der Waals surface area contributed by atoms with Crippen molar-refractivity contribution in [3.8, 4) is 22.6 Å². The van der Waals surface area contributed by atoms with Gasteiger partial charge in [-0.2, -0.15) is 0 Å². The van der Waals surface area contributed by atoms with Crippen molar-refractivity contribution in [3.05, 3.63) is 83.8 Å². The van der Waals surface area contributed by atoms with Crippen LogP contribution >= 0.6 is 0 Å². The molecule has 3 heterocycles. The van der Waals surface area contributed by atoms with Gasteiger partial charge >= 0.3 is 0 Å². The van der Waals surface area contributed by atoms with Crippen LogP contribution in [0.1, 0.15) is 17.1 Å². The summed E-state index contributed by atoms with van der Waals surface area (Å²) in [5.41, 5.74) is 11.5. The van der Waals surface area contributed by atoms with Crippen molar-refractivity contribution in [2.45, 2.75) is 19.5 Å². The molecule has 7 heteroatoms. The number of nitrogens with two attached hydrogens (primary N) is 1. The minimum absolute atomic E-state index is 0.243. The Hall–Kier alpha value is -3.58. The zero-order valence-electron chi connectivity index (χ0n) is 16.3. The average Bonchev–Trinajstić information content (AvgIpc) is 3.23. The van der Waals surface area contributed by atoms with E-state index in [0.29, 0.717) is 6.54 Å². The summed E-state index contributed by atoms with van der Waals surface area (Å²) >= 11 is 0. The molecule has 2 aromatic carbocycles. The molecule has 0 unspecified atom stereocenters. The number of anilines is 1. The van der Waals surface area contributed by atoms with E-state index in [4.69, 9.17) is 10.7 Å². The molecular formula is C23H21FN6. The zero-order valence-corrected chi connectivity index (χ0v) is 16.3. The van der Waals surface area contributed by atoms with E-state index in [9.17, 15) is 4.39 Å². The van der Waals surface area contributed by atoms with E-state index in [0.717, 1.165) is 64.9 Å². The Labute approximate surface area is 173 Å². The SMILES string of the molecule is Nc1ccc(-c2ncc3c(n2)CCN(Cc2ncc(-c4ccc(F)cc4)[nH]2)C3)cc1. The van der Waals surface area contributed by atoms with Gasteiger partial charge in [-0.1, -0.05) is 0 Å². The van der Waals surface area contributed by atoms with Gasteiger partial charge in [0.15, 0.2) is 5.82 Å². The van der Waals surface area contributed by atoms with Gasteiger partial charge in [-0.05, 0) is 54.1 Å². The van der Waals surface area contributed by atoms with Crippen LogP contribution in [0.4, 0.5) is 10.1 Å². The van der Waals surface area contributed by atoms with Crippen LogP contribution in [-0.2, 0) is 19.5 Å². The minimum Gasteiger partial charge on any atom is -0.399 e. The number of H-pyrrole nitrogens is 1. The van der Waals surface area contributed by atoms with Gasteiger partial charge < -0.3 is 10.7 Å². The molecule has 0 saturated carbocycles. The average molecular weight is 400 g/mol. The molecule has 0 fully saturated rings. The second kappa shape index (κ2) is 7.68. The third kappa shape index (κ3) is 3.79. The summed E-state index contributed by atoms with van der Waals surface area (Å²) in [5.74, 6) is 1.38. The van der Waals surface area contributed by atoms with Gasteiger partial charge in [0.2, 0.25) is 0 Å². The smallest absolute Gasteiger partial charge is 0.159 e. The molecule has 1 aliphatic rings. The van der Waals surface area contributed by atoms with Crippen LogP contribution in [-0.4, -0.2) is 31.4 Å². The molecule has 0 amide bonds. The molecule has 0 radical (unpaired) electrons. The quantitative estimate of drug-likeness (QED) is 0.509. The first-order chi connectivity index (χ1) is 14.6. The highest BCUT2D eigenvalue weighted by Crippen LogP contribution is 2.23. The van der Waals surface area contributed by atoms with Crippen LogP contribution in [0.2, 0.25) is 0 Å². The van der Waals surface area contributed by atoms with E-state index in [1.54, 1.807) is 18.3 Å². The second-order valence-electron chi connectivity index (χ2n) is 7.50. The highest BCUT2D eigenvalue weighted by atomic mass is 19.1. The van der Waals surface area contributed by atoms with Crippen molar-refractivity contribution in [1.82, 2.24) is 24.8 Å². The summed E-state index contributed by atoms with van der Waals surface area (Å²) in [6.45, 7) is 2.39. The Morgan fingerprint density at radius 2 is 1.73 bits per heavy atom. The number of fused-ring (bicyclic) bond motifs is 1. The lowest BCUT2D eigenvalue weighted by molar-refractivity contribution is 0.237. The molecule has 0 saturated heterocycles. The monoisotopic (exact) mass is 400 g/mol. The van der Waals surface area contributed by atoms with Crippen molar-refractivity contribution >= 4 is 5.69 Å². The standard InChI is InChI=1S/C23H21FN6/c24-18-5-1-15(2-6-18)21-12-26-22(28-21)14-30-10-9-20-17(13-30)11-27-23(29-20)16-3-7-19(25)8-4-16/h1-8,11-12H,9-10,13-14,25H2,(H,26,28). The molecule has 30 heavy (non-hydrogen) atoms. The van der Waals surface area contributed by atoms with E-state index in [-0.39, 0.29) is 5.82 Å². The highest BCUT2D eigenvalue weighted by Gasteiger charge is 2.20. The van der Waals surface area contributed by atoms with Gasteiger partial charge in [0, 0.05) is 42.5 Å². The maximum absolute atomic E-state index is 13.1. The van der Waals surface area contributed by atoms with Crippen LogP contribution in [0, 0.1) is 5.82 Å². The maximum Gasteiger partial charge on any atom is 0.159 e. The highest BCUT2D eigenvalue weighted by molar-refractivity contribution is 5.59. The number of hydrogen-bond donors (Lipinski definition) is 2.